The third-order valence-electron chi connectivity index (χ3n) is 5.21. The number of benzene rings is 1. The molecule has 1 saturated heterocycles. The van der Waals surface area contributed by atoms with Gasteiger partial charge < -0.3 is 30.5 Å². The summed E-state index contributed by atoms with van der Waals surface area (Å²) in [6.45, 7) is 5.56. The third-order valence-corrected chi connectivity index (χ3v) is 5.21. The van der Waals surface area contributed by atoms with E-state index in [0.717, 1.165) is 50.8 Å². The van der Waals surface area contributed by atoms with Gasteiger partial charge in [0.15, 0.2) is 0 Å². The van der Waals surface area contributed by atoms with Crippen molar-refractivity contribution in [1.29, 1.82) is 0 Å². The number of fused-ring (bicyclic) bond motifs is 1. The van der Waals surface area contributed by atoms with Crippen molar-refractivity contribution in [3.63, 3.8) is 0 Å². The molecule has 0 saturated carbocycles. The molecule has 0 bridgehead atoms. The van der Waals surface area contributed by atoms with Crippen LogP contribution in [-0.4, -0.2) is 56.3 Å². The molecule has 148 valence electrons. The second kappa shape index (κ2) is 8.04. The molecule has 2 aliphatic rings. The first kappa shape index (κ1) is 18.5. The van der Waals surface area contributed by atoms with Crippen molar-refractivity contribution in [1.82, 2.24) is 15.2 Å². The highest BCUT2D eigenvalue weighted by Gasteiger charge is 2.18. The Kier molecular flexibility index (Phi) is 5.31. The zero-order valence-electron chi connectivity index (χ0n) is 16.3. The molecule has 8 nitrogen and oxygen atoms in total. The second-order valence-electron chi connectivity index (χ2n) is 7.18. The van der Waals surface area contributed by atoms with E-state index in [1.807, 2.05) is 30.3 Å². The highest BCUT2D eigenvalue weighted by Crippen LogP contribution is 2.27. The van der Waals surface area contributed by atoms with Crippen LogP contribution in [0, 0.1) is 0 Å². The molecule has 0 atom stereocenters. The van der Waals surface area contributed by atoms with Gasteiger partial charge in [0.05, 0.1) is 7.11 Å². The van der Waals surface area contributed by atoms with Crippen molar-refractivity contribution in [2.75, 3.05) is 55.9 Å². The van der Waals surface area contributed by atoms with E-state index in [1.165, 1.54) is 11.1 Å². The topological polar surface area (TPSA) is 81.8 Å². The molecule has 4 rings (SSSR count). The number of methoxy groups -OCH3 is 1. The van der Waals surface area contributed by atoms with Gasteiger partial charge in [0.2, 0.25) is 5.88 Å². The predicted molar refractivity (Wildman–Crippen MR) is 110 cm³/mol. The minimum Gasteiger partial charge on any atom is -0.479 e. The van der Waals surface area contributed by atoms with E-state index in [4.69, 9.17) is 4.74 Å². The van der Waals surface area contributed by atoms with Crippen molar-refractivity contribution < 1.29 is 9.53 Å². The molecule has 0 aliphatic carbocycles. The Balaban J connectivity index is 1.43. The van der Waals surface area contributed by atoms with Gasteiger partial charge in [-0.15, -0.1) is 0 Å². The monoisotopic (exact) mass is 382 g/mol. The molecule has 1 aromatic carbocycles. The first-order chi connectivity index (χ1) is 13.6. The number of carbonyl (C=O) groups is 1. The fraction of sp³-hybridized carbons (Fsp3) is 0.400. The summed E-state index contributed by atoms with van der Waals surface area (Å²) in [7, 11) is 3.68. The van der Waals surface area contributed by atoms with Crippen LogP contribution < -0.4 is 25.6 Å². The Hall–Kier alpha value is -2.84. The Labute approximate surface area is 164 Å². The minimum absolute atomic E-state index is 0.321. The SMILES string of the molecule is COc1nc(N2CCN(C)CC2)ccc1NC(=O)Nc1ccc2c(c1)CNC2. The van der Waals surface area contributed by atoms with Gasteiger partial charge in [-0.1, -0.05) is 6.07 Å². The minimum atomic E-state index is -0.321. The number of amides is 2. The van der Waals surface area contributed by atoms with E-state index in [0.29, 0.717) is 11.6 Å². The number of piperazine rings is 1. The second-order valence-corrected chi connectivity index (χ2v) is 7.18. The average molecular weight is 382 g/mol. The van der Waals surface area contributed by atoms with Crippen LogP contribution in [0.4, 0.5) is 22.0 Å². The molecule has 8 heteroatoms. The van der Waals surface area contributed by atoms with Crippen LogP contribution in [0.2, 0.25) is 0 Å². The molecule has 28 heavy (non-hydrogen) atoms. The van der Waals surface area contributed by atoms with Crippen molar-refractivity contribution in [3.05, 3.63) is 41.5 Å². The van der Waals surface area contributed by atoms with Crippen molar-refractivity contribution in [3.8, 4) is 5.88 Å². The summed E-state index contributed by atoms with van der Waals surface area (Å²) >= 11 is 0. The first-order valence-electron chi connectivity index (χ1n) is 9.51. The van der Waals surface area contributed by atoms with Crippen LogP contribution in [0.1, 0.15) is 11.1 Å². The van der Waals surface area contributed by atoms with Gasteiger partial charge in [0, 0.05) is 45.0 Å². The molecule has 1 fully saturated rings. The molecule has 3 N–H and O–H groups in total. The van der Waals surface area contributed by atoms with Gasteiger partial charge in [-0.2, -0.15) is 4.98 Å². The highest BCUT2D eigenvalue weighted by atomic mass is 16.5. The highest BCUT2D eigenvalue weighted by molar-refractivity contribution is 6.00. The van der Waals surface area contributed by atoms with Gasteiger partial charge in [-0.25, -0.2) is 4.79 Å². The number of rotatable bonds is 4. The van der Waals surface area contributed by atoms with E-state index in [1.54, 1.807) is 7.11 Å². The summed E-state index contributed by atoms with van der Waals surface area (Å²) in [4.78, 5) is 21.5. The van der Waals surface area contributed by atoms with Crippen LogP contribution in [0.15, 0.2) is 30.3 Å². The molecule has 0 unspecified atom stereocenters. The number of pyridine rings is 1. The Morgan fingerprint density at radius 3 is 2.64 bits per heavy atom. The summed E-state index contributed by atoms with van der Waals surface area (Å²) < 4.78 is 5.41. The lowest BCUT2D eigenvalue weighted by Gasteiger charge is -2.33. The number of hydrogen-bond acceptors (Lipinski definition) is 6. The van der Waals surface area contributed by atoms with E-state index < -0.39 is 0 Å². The number of urea groups is 1. The number of ether oxygens (including phenoxy) is 1. The predicted octanol–water partition coefficient (Wildman–Crippen LogP) is 2.09. The zero-order chi connectivity index (χ0) is 19.5. The maximum absolute atomic E-state index is 12.4. The smallest absolute Gasteiger partial charge is 0.323 e. The fourth-order valence-corrected chi connectivity index (χ4v) is 3.55. The van der Waals surface area contributed by atoms with E-state index in [-0.39, 0.29) is 6.03 Å². The number of anilines is 3. The molecule has 2 amide bonds. The lowest BCUT2D eigenvalue weighted by atomic mass is 10.1. The van der Waals surface area contributed by atoms with Gasteiger partial charge in [0.1, 0.15) is 11.5 Å². The number of hydrogen-bond donors (Lipinski definition) is 3. The molecule has 3 heterocycles. The summed E-state index contributed by atoms with van der Waals surface area (Å²) in [5, 5.41) is 9.01. The summed E-state index contributed by atoms with van der Waals surface area (Å²) in [5.74, 6) is 1.27. The Bertz CT molecular complexity index is 864. The van der Waals surface area contributed by atoms with Crippen molar-refractivity contribution in [2.45, 2.75) is 13.1 Å². The molecular formula is C20H26N6O2. The molecule has 2 aliphatic heterocycles. The molecule has 1 aromatic heterocycles. The third kappa shape index (κ3) is 4.02. The normalized spacial score (nSPS) is 16.6. The van der Waals surface area contributed by atoms with Gasteiger partial charge in [0.25, 0.3) is 0 Å². The number of aromatic nitrogens is 1. The number of likely N-dealkylation sites (N-methyl/N-ethyl adjacent to an activating group) is 1. The summed E-state index contributed by atoms with van der Waals surface area (Å²) in [5.41, 5.74) is 3.80. The average Bonchev–Trinajstić information content (AvgIpc) is 3.17. The lowest BCUT2D eigenvalue weighted by Crippen LogP contribution is -2.44. The van der Waals surface area contributed by atoms with Crippen LogP contribution in [0.3, 0.4) is 0 Å². The maximum Gasteiger partial charge on any atom is 0.323 e. The first-order valence-corrected chi connectivity index (χ1v) is 9.51. The van der Waals surface area contributed by atoms with Gasteiger partial charge in [-0.3, -0.25) is 0 Å². The van der Waals surface area contributed by atoms with Crippen LogP contribution in [0.5, 0.6) is 5.88 Å². The molecule has 2 aromatic rings. The standard InChI is InChI=1S/C20H26N6O2/c1-25-7-9-26(10-8-25)18-6-5-17(19(24-18)28-2)23-20(27)22-16-4-3-14-12-21-13-15(14)11-16/h3-6,11,21H,7-10,12-13H2,1-2H3,(H2,22,23,27). The van der Waals surface area contributed by atoms with Gasteiger partial charge >= 0.3 is 6.03 Å². The molecular weight excluding hydrogens is 356 g/mol. The Morgan fingerprint density at radius 2 is 1.86 bits per heavy atom. The lowest BCUT2D eigenvalue weighted by molar-refractivity contribution is 0.262. The number of carbonyl (C=O) groups excluding carboxylic acids is 1. The summed E-state index contributed by atoms with van der Waals surface area (Å²) in [6, 6.07) is 9.39. The van der Waals surface area contributed by atoms with Crippen LogP contribution in [-0.2, 0) is 13.1 Å². The van der Waals surface area contributed by atoms with E-state index in [2.05, 4.69) is 37.8 Å². The van der Waals surface area contributed by atoms with Gasteiger partial charge in [-0.05, 0) is 42.4 Å². The van der Waals surface area contributed by atoms with E-state index in [9.17, 15) is 4.79 Å². The number of nitrogens with zero attached hydrogens (tertiary/aromatic N) is 3. The summed E-state index contributed by atoms with van der Waals surface area (Å²) in [6.07, 6.45) is 0. The molecule has 0 spiro atoms. The number of nitrogens with one attached hydrogen (secondary N) is 3. The quantitative estimate of drug-likeness (QED) is 0.751. The molecule has 0 radical (unpaired) electrons. The maximum atomic E-state index is 12.4. The largest absolute Gasteiger partial charge is 0.479 e. The van der Waals surface area contributed by atoms with Crippen LogP contribution in [0.25, 0.3) is 0 Å². The zero-order valence-corrected chi connectivity index (χ0v) is 16.3. The fourth-order valence-electron chi connectivity index (χ4n) is 3.55. The van der Waals surface area contributed by atoms with Crippen molar-refractivity contribution in [2.24, 2.45) is 0 Å². The van der Waals surface area contributed by atoms with E-state index >= 15 is 0 Å². The van der Waals surface area contributed by atoms with Crippen molar-refractivity contribution >= 4 is 23.2 Å². The van der Waals surface area contributed by atoms with Crippen LogP contribution >= 0.6 is 0 Å². The Morgan fingerprint density at radius 1 is 1.07 bits per heavy atom.